The molecule has 3 N–H and O–H groups in total. The Labute approximate surface area is 199 Å². The normalized spacial score (nSPS) is 11.7. The van der Waals surface area contributed by atoms with Gasteiger partial charge in [-0.15, -0.1) is 0 Å². The maximum Gasteiger partial charge on any atom is 0.356 e. The van der Waals surface area contributed by atoms with Gasteiger partial charge in [0.25, 0.3) is 5.91 Å². The van der Waals surface area contributed by atoms with Crippen molar-refractivity contribution in [3.63, 3.8) is 0 Å². The molecule has 0 saturated heterocycles. The number of rotatable bonds is 8. The summed E-state index contributed by atoms with van der Waals surface area (Å²) in [6.45, 7) is 1.74. The van der Waals surface area contributed by atoms with Crippen molar-refractivity contribution >= 4 is 29.2 Å². The molecule has 0 aliphatic heterocycles. The van der Waals surface area contributed by atoms with Crippen molar-refractivity contribution in [3.8, 4) is 5.75 Å². The van der Waals surface area contributed by atoms with Crippen LogP contribution in [0.3, 0.4) is 0 Å². The van der Waals surface area contributed by atoms with Gasteiger partial charge in [-0.05, 0) is 41.8 Å². The predicted octanol–water partition coefficient (Wildman–Crippen LogP) is 5.10. The highest BCUT2D eigenvalue weighted by Crippen LogP contribution is 2.37. The minimum Gasteiger partial charge on any atom is -0.495 e. The zero-order chi connectivity index (χ0) is 25.0. The Morgan fingerprint density at radius 3 is 2.44 bits per heavy atom. The molecule has 0 unspecified atom stereocenters. The van der Waals surface area contributed by atoms with Crippen LogP contribution in [0.2, 0.25) is 5.02 Å². The van der Waals surface area contributed by atoms with E-state index in [1.54, 1.807) is 18.2 Å². The maximum atomic E-state index is 13.9. The number of methoxy groups -OCH3 is 1. The van der Waals surface area contributed by atoms with E-state index in [1.165, 1.54) is 24.3 Å². The zero-order valence-electron chi connectivity index (χ0n) is 18.4. The summed E-state index contributed by atoms with van der Waals surface area (Å²) in [5, 5.41) is 9.47. The Morgan fingerprint density at radius 1 is 1.21 bits per heavy atom. The number of carbonyl (C=O) groups is 2. The summed E-state index contributed by atoms with van der Waals surface area (Å²) in [6.07, 6.45) is 1.68. The first-order chi connectivity index (χ1) is 16.2. The number of pyridine rings is 1. The maximum absolute atomic E-state index is 13.9. The second-order valence-electron chi connectivity index (χ2n) is 7.47. The number of carboxylic acid groups (broad SMARTS) is 1. The number of nitrogen functional groups attached to an aromatic ring is 1. The smallest absolute Gasteiger partial charge is 0.356 e. The molecule has 2 aromatic carbocycles. The molecule has 1 aromatic heterocycles. The number of benzene rings is 2. The lowest BCUT2D eigenvalue weighted by atomic mass is 10.00. The van der Waals surface area contributed by atoms with Crippen LogP contribution in [-0.2, 0) is 6.54 Å². The Hall–Kier alpha value is -3.72. The average molecular weight is 490 g/mol. The van der Waals surface area contributed by atoms with Crippen LogP contribution in [0.4, 0.5) is 14.5 Å². The van der Waals surface area contributed by atoms with E-state index in [1.807, 2.05) is 6.92 Å². The van der Waals surface area contributed by atoms with Gasteiger partial charge in [0.2, 0.25) is 0 Å². The second-order valence-corrected chi connectivity index (χ2v) is 7.84. The van der Waals surface area contributed by atoms with Gasteiger partial charge in [-0.1, -0.05) is 30.7 Å². The summed E-state index contributed by atoms with van der Waals surface area (Å²) in [5.74, 6) is -3.34. The number of ether oxygens (including phenoxy) is 1. The van der Waals surface area contributed by atoms with Crippen molar-refractivity contribution in [1.82, 2.24) is 9.88 Å². The van der Waals surface area contributed by atoms with Crippen molar-refractivity contribution in [2.75, 3.05) is 12.8 Å². The minimum atomic E-state index is -1.29. The number of carbonyl (C=O) groups excluding carboxylic acids is 1. The first-order valence-corrected chi connectivity index (χ1v) is 10.6. The van der Waals surface area contributed by atoms with E-state index in [0.29, 0.717) is 34.4 Å². The molecule has 0 fully saturated rings. The third kappa shape index (κ3) is 5.26. The van der Waals surface area contributed by atoms with Gasteiger partial charge < -0.3 is 20.5 Å². The minimum absolute atomic E-state index is 0.0818. The molecule has 34 heavy (non-hydrogen) atoms. The van der Waals surface area contributed by atoms with E-state index < -0.39 is 29.6 Å². The van der Waals surface area contributed by atoms with Crippen LogP contribution >= 0.6 is 11.6 Å². The molecular weight excluding hydrogens is 468 g/mol. The van der Waals surface area contributed by atoms with Gasteiger partial charge >= 0.3 is 5.97 Å². The number of anilines is 1. The van der Waals surface area contributed by atoms with Crippen LogP contribution in [-0.4, -0.2) is 34.0 Å². The highest BCUT2D eigenvalue weighted by atomic mass is 35.5. The summed E-state index contributed by atoms with van der Waals surface area (Å²) >= 11 is 6.53. The van der Waals surface area contributed by atoms with Gasteiger partial charge in [0, 0.05) is 24.4 Å². The van der Waals surface area contributed by atoms with Gasteiger partial charge in [0.1, 0.15) is 17.4 Å². The Morgan fingerprint density at radius 2 is 1.88 bits per heavy atom. The van der Waals surface area contributed by atoms with Crippen LogP contribution in [0, 0.1) is 11.6 Å². The fourth-order valence-electron chi connectivity index (χ4n) is 3.71. The summed E-state index contributed by atoms with van der Waals surface area (Å²) in [6, 6.07) is 8.44. The van der Waals surface area contributed by atoms with Crippen LogP contribution in [0.15, 0.2) is 48.7 Å². The van der Waals surface area contributed by atoms with Crippen LogP contribution < -0.4 is 10.5 Å². The summed E-state index contributed by atoms with van der Waals surface area (Å²) in [7, 11) is 1.46. The zero-order valence-corrected chi connectivity index (χ0v) is 19.1. The third-order valence-corrected chi connectivity index (χ3v) is 5.64. The molecular formula is C24H22ClF2N3O4. The molecule has 1 amide bonds. The van der Waals surface area contributed by atoms with Crippen molar-refractivity contribution < 1.29 is 28.2 Å². The van der Waals surface area contributed by atoms with E-state index in [4.69, 9.17) is 22.1 Å². The van der Waals surface area contributed by atoms with Crippen LogP contribution in [0.1, 0.15) is 51.4 Å². The third-order valence-electron chi connectivity index (χ3n) is 5.23. The number of amides is 1. The van der Waals surface area contributed by atoms with Crippen molar-refractivity contribution in [3.05, 3.63) is 87.7 Å². The van der Waals surface area contributed by atoms with E-state index >= 15 is 0 Å². The van der Waals surface area contributed by atoms with E-state index in [2.05, 4.69) is 4.98 Å². The highest BCUT2D eigenvalue weighted by Gasteiger charge is 2.29. The van der Waals surface area contributed by atoms with Gasteiger partial charge in [0.15, 0.2) is 5.69 Å². The molecule has 0 bridgehead atoms. The second kappa shape index (κ2) is 10.5. The largest absolute Gasteiger partial charge is 0.495 e. The fourth-order valence-corrected chi connectivity index (χ4v) is 4.04. The molecule has 1 heterocycles. The highest BCUT2D eigenvalue weighted by molar-refractivity contribution is 6.32. The SMILES string of the molecule is CC[C@@H](c1cccc(OC)c1Cl)N(Cc1cnc(C(=O)O)c(N)c1)C(=O)c1cc(F)cc(F)c1. The predicted molar refractivity (Wildman–Crippen MR) is 123 cm³/mol. The Kier molecular flexibility index (Phi) is 7.68. The Bertz CT molecular complexity index is 1220. The van der Waals surface area contributed by atoms with Gasteiger partial charge in [0.05, 0.1) is 23.9 Å². The Balaban J connectivity index is 2.11. The summed E-state index contributed by atoms with van der Waals surface area (Å²) in [5.41, 5.74) is 6.21. The molecule has 0 saturated carbocycles. The number of nitrogens with two attached hydrogens (primary N) is 1. The van der Waals surface area contributed by atoms with Gasteiger partial charge in [-0.2, -0.15) is 0 Å². The fraction of sp³-hybridized carbons (Fsp3) is 0.208. The monoisotopic (exact) mass is 489 g/mol. The molecule has 0 spiro atoms. The van der Waals surface area contributed by atoms with Gasteiger partial charge in [-0.25, -0.2) is 18.6 Å². The summed E-state index contributed by atoms with van der Waals surface area (Å²) < 4.78 is 33.1. The van der Waals surface area contributed by atoms with Crippen molar-refractivity contribution in [1.29, 1.82) is 0 Å². The van der Waals surface area contributed by atoms with Crippen LogP contribution in [0.5, 0.6) is 5.75 Å². The molecule has 1 atom stereocenters. The average Bonchev–Trinajstić information content (AvgIpc) is 2.78. The van der Waals surface area contributed by atoms with E-state index in [-0.39, 0.29) is 23.5 Å². The van der Waals surface area contributed by atoms with Crippen LogP contribution in [0.25, 0.3) is 0 Å². The lowest BCUT2D eigenvalue weighted by molar-refractivity contribution is 0.0647. The topological polar surface area (TPSA) is 106 Å². The number of hydrogen-bond acceptors (Lipinski definition) is 5. The quantitative estimate of drug-likeness (QED) is 0.456. The molecule has 3 aromatic rings. The number of nitrogens with zero attached hydrogens (tertiary/aromatic N) is 2. The molecule has 3 rings (SSSR count). The number of carboxylic acids is 1. The molecule has 7 nitrogen and oxygen atoms in total. The lowest BCUT2D eigenvalue weighted by Gasteiger charge is -2.33. The molecule has 0 aliphatic carbocycles. The van der Waals surface area contributed by atoms with E-state index in [0.717, 1.165) is 12.1 Å². The molecule has 0 radical (unpaired) electrons. The van der Waals surface area contributed by atoms with Gasteiger partial charge in [-0.3, -0.25) is 4.79 Å². The van der Waals surface area contributed by atoms with Crippen molar-refractivity contribution in [2.24, 2.45) is 0 Å². The molecule has 178 valence electrons. The molecule has 10 heteroatoms. The first-order valence-electron chi connectivity index (χ1n) is 10.2. The molecule has 0 aliphatic rings. The summed E-state index contributed by atoms with van der Waals surface area (Å²) in [4.78, 5) is 30.0. The first kappa shape index (κ1) is 24.9. The van der Waals surface area contributed by atoms with E-state index in [9.17, 15) is 23.5 Å². The number of aromatic carboxylic acids is 1. The van der Waals surface area contributed by atoms with Crippen molar-refractivity contribution in [2.45, 2.75) is 25.9 Å². The number of hydrogen-bond donors (Lipinski definition) is 2. The lowest BCUT2D eigenvalue weighted by Crippen LogP contribution is -2.35. The standard InChI is InChI=1S/C24H22ClF2N3O4/c1-3-19(17-5-4-6-20(34-2)21(17)25)30(23(31)14-8-15(26)10-16(27)9-14)12-13-7-18(28)22(24(32)33)29-11-13/h4-11,19H,3,12,28H2,1-2H3,(H,32,33)/t19-/m0/s1. The number of halogens is 3. The number of aromatic nitrogens is 1.